The smallest absolute Gasteiger partial charge is 0.255 e. The summed E-state index contributed by atoms with van der Waals surface area (Å²) in [5.41, 5.74) is 5.91. The van der Waals surface area contributed by atoms with Crippen LogP contribution in [-0.2, 0) is 6.42 Å². The number of benzene rings is 2. The number of rotatable bonds is 5. The molecule has 0 aliphatic heterocycles. The molecule has 0 spiro atoms. The zero-order chi connectivity index (χ0) is 20.9. The second kappa shape index (κ2) is 8.53. The highest BCUT2D eigenvalue weighted by atomic mass is 16.3. The average Bonchev–Trinajstić information content (AvgIpc) is 2.78. The van der Waals surface area contributed by atoms with Crippen molar-refractivity contribution in [2.45, 2.75) is 13.3 Å². The SMILES string of the molecule is Cc1ccc(C(=O)Nc2ccc(O)cc2)cc1Cc1ncccc1-c1ccncn1. The molecule has 0 unspecified atom stereocenters. The summed E-state index contributed by atoms with van der Waals surface area (Å²) in [6.45, 7) is 2.02. The second-order valence-electron chi connectivity index (χ2n) is 6.91. The fraction of sp³-hybridized carbons (Fsp3) is 0.0833. The maximum absolute atomic E-state index is 12.7. The first-order chi connectivity index (χ1) is 14.6. The van der Waals surface area contributed by atoms with Crippen molar-refractivity contribution in [3.8, 4) is 17.0 Å². The number of carbonyl (C=O) groups excluding carboxylic acids is 1. The predicted octanol–water partition coefficient (Wildman–Crippen LogP) is 4.40. The highest BCUT2D eigenvalue weighted by Crippen LogP contribution is 2.24. The average molecular weight is 396 g/mol. The normalized spacial score (nSPS) is 10.6. The largest absolute Gasteiger partial charge is 0.508 e. The predicted molar refractivity (Wildman–Crippen MR) is 115 cm³/mol. The molecule has 4 rings (SSSR count). The van der Waals surface area contributed by atoms with Crippen LogP contribution in [0.1, 0.15) is 27.2 Å². The van der Waals surface area contributed by atoms with Gasteiger partial charge in [0.25, 0.3) is 5.91 Å². The van der Waals surface area contributed by atoms with Gasteiger partial charge in [-0.15, -0.1) is 0 Å². The molecule has 30 heavy (non-hydrogen) atoms. The summed E-state index contributed by atoms with van der Waals surface area (Å²) in [5, 5.41) is 12.2. The minimum Gasteiger partial charge on any atom is -0.508 e. The minimum atomic E-state index is -0.209. The molecule has 0 radical (unpaired) electrons. The fourth-order valence-corrected chi connectivity index (χ4v) is 3.19. The van der Waals surface area contributed by atoms with Crippen molar-refractivity contribution in [3.63, 3.8) is 0 Å². The monoisotopic (exact) mass is 396 g/mol. The van der Waals surface area contributed by atoms with Crippen LogP contribution >= 0.6 is 0 Å². The number of phenols is 1. The van der Waals surface area contributed by atoms with Crippen molar-refractivity contribution in [2.24, 2.45) is 0 Å². The summed E-state index contributed by atoms with van der Waals surface area (Å²) in [7, 11) is 0. The molecular weight excluding hydrogens is 376 g/mol. The number of pyridine rings is 1. The van der Waals surface area contributed by atoms with Crippen LogP contribution in [0.3, 0.4) is 0 Å². The number of nitrogens with zero attached hydrogens (tertiary/aromatic N) is 3. The van der Waals surface area contributed by atoms with E-state index in [1.165, 1.54) is 18.5 Å². The molecule has 2 N–H and O–H groups in total. The molecule has 0 aliphatic carbocycles. The van der Waals surface area contributed by atoms with Gasteiger partial charge in [-0.2, -0.15) is 0 Å². The van der Waals surface area contributed by atoms with Gasteiger partial charge < -0.3 is 10.4 Å². The third-order valence-electron chi connectivity index (χ3n) is 4.84. The quantitative estimate of drug-likeness (QED) is 0.488. The van der Waals surface area contributed by atoms with Crippen molar-refractivity contribution in [1.82, 2.24) is 15.0 Å². The van der Waals surface area contributed by atoms with Crippen LogP contribution in [0.5, 0.6) is 5.75 Å². The van der Waals surface area contributed by atoms with E-state index < -0.39 is 0 Å². The van der Waals surface area contributed by atoms with Gasteiger partial charge in [0.15, 0.2) is 0 Å². The Morgan fingerprint density at radius 3 is 2.60 bits per heavy atom. The molecule has 0 aliphatic rings. The van der Waals surface area contributed by atoms with E-state index in [0.29, 0.717) is 17.7 Å². The summed E-state index contributed by atoms with van der Waals surface area (Å²) in [4.78, 5) is 25.6. The number of amides is 1. The lowest BCUT2D eigenvalue weighted by atomic mass is 9.97. The van der Waals surface area contributed by atoms with Crippen LogP contribution in [0.4, 0.5) is 5.69 Å². The number of aryl methyl sites for hydroxylation is 1. The molecule has 0 saturated heterocycles. The molecule has 4 aromatic rings. The topological polar surface area (TPSA) is 88.0 Å². The number of aromatic hydroxyl groups is 1. The summed E-state index contributed by atoms with van der Waals surface area (Å²) in [5.74, 6) is -0.0561. The highest BCUT2D eigenvalue weighted by Gasteiger charge is 2.13. The second-order valence-corrected chi connectivity index (χ2v) is 6.91. The van der Waals surface area contributed by atoms with Gasteiger partial charge in [-0.1, -0.05) is 6.07 Å². The molecule has 6 heteroatoms. The molecule has 0 saturated carbocycles. The Morgan fingerprint density at radius 1 is 1.00 bits per heavy atom. The third-order valence-corrected chi connectivity index (χ3v) is 4.84. The van der Waals surface area contributed by atoms with Gasteiger partial charge in [-0.25, -0.2) is 9.97 Å². The minimum absolute atomic E-state index is 0.153. The van der Waals surface area contributed by atoms with Crippen LogP contribution in [0.15, 0.2) is 79.4 Å². The van der Waals surface area contributed by atoms with Crippen LogP contribution < -0.4 is 5.32 Å². The molecule has 6 nitrogen and oxygen atoms in total. The summed E-state index contributed by atoms with van der Waals surface area (Å²) in [6, 6.07) is 17.7. The molecule has 0 atom stereocenters. The molecule has 2 aromatic carbocycles. The van der Waals surface area contributed by atoms with Gasteiger partial charge in [0.1, 0.15) is 12.1 Å². The van der Waals surface area contributed by atoms with E-state index in [0.717, 1.165) is 28.1 Å². The first kappa shape index (κ1) is 19.3. The van der Waals surface area contributed by atoms with Gasteiger partial charge in [-0.05, 0) is 72.6 Å². The lowest BCUT2D eigenvalue weighted by molar-refractivity contribution is 0.102. The number of carbonyl (C=O) groups is 1. The Morgan fingerprint density at radius 2 is 1.83 bits per heavy atom. The Bertz CT molecular complexity index is 1180. The van der Waals surface area contributed by atoms with Crippen molar-refractivity contribution in [1.29, 1.82) is 0 Å². The van der Waals surface area contributed by atoms with Crippen LogP contribution in [-0.4, -0.2) is 26.0 Å². The lowest BCUT2D eigenvalue weighted by Crippen LogP contribution is -2.12. The Balaban J connectivity index is 1.60. The van der Waals surface area contributed by atoms with E-state index in [1.807, 2.05) is 37.3 Å². The van der Waals surface area contributed by atoms with E-state index in [9.17, 15) is 9.90 Å². The number of anilines is 1. The maximum Gasteiger partial charge on any atom is 0.255 e. The number of hydrogen-bond donors (Lipinski definition) is 2. The number of hydrogen-bond acceptors (Lipinski definition) is 5. The molecule has 2 heterocycles. The van der Waals surface area contributed by atoms with Gasteiger partial charge in [0, 0.05) is 35.6 Å². The molecule has 1 amide bonds. The van der Waals surface area contributed by atoms with E-state index in [1.54, 1.807) is 30.6 Å². The van der Waals surface area contributed by atoms with E-state index >= 15 is 0 Å². The molecule has 2 aromatic heterocycles. The van der Waals surface area contributed by atoms with Crippen molar-refractivity contribution < 1.29 is 9.90 Å². The standard InChI is InChI=1S/C24H20N4O2/c1-16-4-5-17(24(30)28-19-6-8-20(29)9-7-19)13-18(16)14-23-21(3-2-11-26-23)22-10-12-25-15-27-22/h2-13,15,29H,14H2,1H3,(H,28,30). The van der Waals surface area contributed by atoms with Crippen LogP contribution in [0, 0.1) is 6.92 Å². The summed E-state index contributed by atoms with van der Waals surface area (Å²) < 4.78 is 0. The van der Waals surface area contributed by atoms with Crippen molar-refractivity contribution in [2.75, 3.05) is 5.32 Å². The zero-order valence-electron chi connectivity index (χ0n) is 16.4. The Hall–Kier alpha value is -4.06. The summed E-state index contributed by atoms with van der Waals surface area (Å²) in [6.07, 6.45) is 5.56. The molecule has 0 bridgehead atoms. The summed E-state index contributed by atoms with van der Waals surface area (Å²) >= 11 is 0. The number of nitrogens with one attached hydrogen (secondary N) is 1. The molecule has 0 fully saturated rings. The Labute approximate surface area is 174 Å². The van der Waals surface area contributed by atoms with Gasteiger partial charge in [-0.3, -0.25) is 9.78 Å². The maximum atomic E-state index is 12.7. The third kappa shape index (κ3) is 4.33. The van der Waals surface area contributed by atoms with Crippen LogP contribution in [0.25, 0.3) is 11.3 Å². The van der Waals surface area contributed by atoms with Gasteiger partial charge in [0.05, 0.1) is 11.4 Å². The Kier molecular flexibility index (Phi) is 5.48. The van der Waals surface area contributed by atoms with E-state index in [-0.39, 0.29) is 11.7 Å². The van der Waals surface area contributed by atoms with Gasteiger partial charge in [0.2, 0.25) is 0 Å². The number of phenolic OH excluding ortho intramolecular Hbond substituents is 1. The van der Waals surface area contributed by atoms with Gasteiger partial charge >= 0.3 is 0 Å². The molecular formula is C24H20N4O2. The molecule has 148 valence electrons. The lowest BCUT2D eigenvalue weighted by Gasteiger charge is -2.12. The number of aromatic nitrogens is 3. The van der Waals surface area contributed by atoms with Crippen molar-refractivity contribution in [3.05, 3.63) is 102 Å². The van der Waals surface area contributed by atoms with Crippen LogP contribution in [0.2, 0.25) is 0 Å². The first-order valence-corrected chi connectivity index (χ1v) is 9.50. The highest BCUT2D eigenvalue weighted by molar-refractivity contribution is 6.04. The zero-order valence-corrected chi connectivity index (χ0v) is 16.4. The fourth-order valence-electron chi connectivity index (χ4n) is 3.19. The van der Waals surface area contributed by atoms with Crippen molar-refractivity contribution >= 4 is 11.6 Å². The van der Waals surface area contributed by atoms with E-state index in [4.69, 9.17) is 0 Å². The first-order valence-electron chi connectivity index (χ1n) is 9.50. The van der Waals surface area contributed by atoms with E-state index in [2.05, 4.69) is 20.3 Å².